The maximum atomic E-state index is 10.4. The van der Waals surface area contributed by atoms with E-state index in [1.165, 1.54) is 0 Å². The van der Waals surface area contributed by atoms with Crippen LogP contribution in [0.15, 0.2) is 12.1 Å². The van der Waals surface area contributed by atoms with Gasteiger partial charge in [-0.2, -0.15) is 0 Å². The first kappa shape index (κ1) is 17.4. The molecule has 21 heavy (non-hydrogen) atoms. The zero-order valence-corrected chi connectivity index (χ0v) is 10.0. The van der Waals surface area contributed by atoms with Crippen molar-refractivity contribution in [3.8, 4) is 5.75 Å². The van der Waals surface area contributed by atoms with E-state index in [1.807, 2.05) is 5.43 Å². The fraction of sp³-hybridized carbons (Fsp3) is 0. The molecule has 0 atom stereocenters. The number of phenolic OH excluding ortho intramolecular Hbond substituents is 1. The molecule has 0 saturated carbocycles. The summed E-state index contributed by atoms with van der Waals surface area (Å²) in [5.74, 6) is 3.15. The molecule has 114 valence electrons. The Hall–Kier alpha value is -3.55. The van der Waals surface area contributed by atoms with Crippen molar-refractivity contribution in [3.63, 3.8) is 0 Å². The Morgan fingerprint density at radius 3 is 1.62 bits per heavy atom. The number of guanidine groups is 1. The number of phenols is 1. The molecule has 0 bridgehead atoms. The summed E-state index contributed by atoms with van der Waals surface area (Å²) < 4.78 is 0. The number of nitro groups is 3. The number of nitrogens with zero attached hydrogens (tertiary/aromatic N) is 3. The van der Waals surface area contributed by atoms with Crippen molar-refractivity contribution >= 4 is 23.0 Å². The topological polar surface area (TPSA) is 238 Å². The van der Waals surface area contributed by atoms with Crippen LogP contribution in [0.2, 0.25) is 0 Å². The van der Waals surface area contributed by atoms with Gasteiger partial charge in [-0.05, 0) is 0 Å². The Balaban J connectivity index is 0.000000690. The first-order valence-corrected chi connectivity index (χ1v) is 4.72. The van der Waals surface area contributed by atoms with Crippen molar-refractivity contribution in [1.29, 1.82) is 5.41 Å². The van der Waals surface area contributed by atoms with Crippen LogP contribution in [-0.4, -0.2) is 25.8 Å². The Bertz CT molecular complexity index is 566. The maximum absolute atomic E-state index is 10.4. The van der Waals surface area contributed by atoms with E-state index in [2.05, 4.69) is 11.6 Å². The molecular weight excluding hydrogens is 294 g/mol. The second kappa shape index (κ2) is 7.14. The number of benzene rings is 1. The standard InChI is InChI=1S/C6H3N3O7.CH6N4/c10-6-4(8(13)14)1-3(7(11)12)2-5(6)9(15)16;2-1(3)5-4/h1-2,10H;4H2,(H4,2,3,5). The number of nitrogens with two attached hydrogens (primary N) is 2. The van der Waals surface area contributed by atoms with E-state index in [-0.39, 0.29) is 5.96 Å². The number of rotatable bonds is 3. The Labute approximate surface area is 114 Å². The van der Waals surface area contributed by atoms with Gasteiger partial charge in [-0.3, -0.25) is 41.2 Å². The number of hydrogen-bond donors (Lipinski definition) is 5. The molecule has 0 radical (unpaired) electrons. The van der Waals surface area contributed by atoms with Gasteiger partial charge in [-0.15, -0.1) is 0 Å². The summed E-state index contributed by atoms with van der Waals surface area (Å²) in [5, 5.41) is 46.5. The number of non-ortho nitro benzene ring substituents is 1. The van der Waals surface area contributed by atoms with Crippen LogP contribution in [0.5, 0.6) is 5.75 Å². The molecule has 0 heterocycles. The molecule has 7 N–H and O–H groups in total. The first-order chi connectivity index (χ1) is 9.61. The summed E-state index contributed by atoms with van der Waals surface area (Å²) in [4.78, 5) is 27.8. The van der Waals surface area contributed by atoms with Gasteiger partial charge in [-0.25, -0.2) is 5.84 Å². The summed E-state index contributed by atoms with van der Waals surface area (Å²) in [5.41, 5.74) is 3.53. The largest absolute Gasteiger partial charge is 0.497 e. The summed E-state index contributed by atoms with van der Waals surface area (Å²) in [6, 6.07) is 0.894. The lowest BCUT2D eigenvalue weighted by molar-refractivity contribution is -0.404. The monoisotopic (exact) mass is 303 g/mol. The highest BCUT2D eigenvalue weighted by molar-refractivity contribution is 5.73. The summed E-state index contributed by atoms with van der Waals surface area (Å²) in [7, 11) is 0. The van der Waals surface area contributed by atoms with Crippen LogP contribution in [-0.2, 0) is 0 Å². The van der Waals surface area contributed by atoms with Gasteiger partial charge in [0.25, 0.3) is 11.4 Å². The summed E-state index contributed by atoms with van der Waals surface area (Å²) >= 11 is 0. The van der Waals surface area contributed by atoms with E-state index in [0.717, 1.165) is 0 Å². The van der Waals surface area contributed by atoms with Gasteiger partial charge in [0.05, 0.1) is 26.9 Å². The molecule has 0 unspecified atom stereocenters. The van der Waals surface area contributed by atoms with E-state index in [9.17, 15) is 30.3 Å². The van der Waals surface area contributed by atoms with Gasteiger partial charge < -0.3 is 10.8 Å². The predicted molar refractivity (Wildman–Crippen MR) is 67.3 cm³/mol. The fourth-order valence-electron chi connectivity index (χ4n) is 0.974. The molecular formula is C7H9N7O7. The van der Waals surface area contributed by atoms with Gasteiger partial charge in [0.1, 0.15) is 0 Å². The third-order valence-electron chi connectivity index (χ3n) is 1.81. The Morgan fingerprint density at radius 1 is 1.10 bits per heavy atom. The molecule has 0 aliphatic rings. The molecule has 0 fully saturated rings. The highest BCUT2D eigenvalue weighted by atomic mass is 16.6. The Morgan fingerprint density at radius 2 is 1.43 bits per heavy atom. The summed E-state index contributed by atoms with van der Waals surface area (Å²) in [6.07, 6.45) is 0. The number of hydrazine groups is 1. The normalized spacial score (nSPS) is 9.00. The van der Waals surface area contributed by atoms with Gasteiger partial charge in [0.15, 0.2) is 5.96 Å². The van der Waals surface area contributed by atoms with Gasteiger partial charge >= 0.3 is 11.4 Å². The minimum absolute atomic E-state index is 0.218. The molecule has 1 aromatic carbocycles. The second-order valence-corrected chi connectivity index (χ2v) is 3.16. The van der Waals surface area contributed by atoms with Crippen LogP contribution >= 0.6 is 0 Å². The molecule has 0 aliphatic heterocycles. The average Bonchev–Trinajstić information content (AvgIpc) is 2.38. The molecule has 0 aliphatic carbocycles. The van der Waals surface area contributed by atoms with Crippen LogP contribution in [0.3, 0.4) is 0 Å². The van der Waals surface area contributed by atoms with Crippen molar-refractivity contribution in [1.82, 2.24) is 5.43 Å². The van der Waals surface area contributed by atoms with Gasteiger partial charge in [0.2, 0.25) is 0 Å². The van der Waals surface area contributed by atoms with Gasteiger partial charge in [-0.1, -0.05) is 0 Å². The molecule has 1 aromatic rings. The maximum Gasteiger partial charge on any atom is 0.324 e. The van der Waals surface area contributed by atoms with E-state index in [4.69, 9.17) is 10.5 Å². The smallest absolute Gasteiger partial charge is 0.324 e. The van der Waals surface area contributed by atoms with Crippen LogP contribution in [0.4, 0.5) is 17.1 Å². The predicted octanol–water partition coefficient (Wildman–Crippen LogP) is -0.540. The van der Waals surface area contributed by atoms with Crippen LogP contribution in [0, 0.1) is 35.8 Å². The van der Waals surface area contributed by atoms with Crippen molar-refractivity contribution in [2.75, 3.05) is 0 Å². The van der Waals surface area contributed by atoms with E-state index < -0.39 is 37.6 Å². The molecule has 0 spiro atoms. The average molecular weight is 303 g/mol. The van der Waals surface area contributed by atoms with E-state index >= 15 is 0 Å². The zero-order valence-electron chi connectivity index (χ0n) is 10.0. The molecule has 14 heteroatoms. The highest BCUT2D eigenvalue weighted by Gasteiger charge is 2.29. The molecule has 0 saturated heterocycles. The number of nitrogens with one attached hydrogen (secondary N) is 2. The van der Waals surface area contributed by atoms with Crippen LogP contribution < -0.4 is 17.0 Å². The van der Waals surface area contributed by atoms with E-state index in [0.29, 0.717) is 12.1 Å². The molecule has 1 rings (SSSR count). The lowest BCUT2D eigenvalue weighted by atomic mass is 10.2. The van der Waals surface area contributed by atoms with Crippen LogP contribution in [0.25, 0.3) is 0 Å². The molecule has 14 nitrogen and oxygen atoms in total. The minimum atomic E-state index is -1.21. The van der Waals surface area contributed by atoms with Gasteiger partial charge in [0, 0.05) is 0 Å². The second-order valence-electron chi connectivity index (χ2n) is 3.16. The van der Waals surface area contributed by atoms with Crippen molar-refractivity contribution < 1.29 is 19.9 Å². The number of nitro benzene ring substituents is 3. The van der Waals surface area contributed by atoms with Crippen molar-refractivity contribution in [2.45, 2.75) is 0 Å². The lowest BCUT2D eigenvalue weighted by Crippen LogP contribution is -2.35. The fourth-order valence-corrected chi connectivity index (χ4v) is 0.974. The number of aromatic hydroxyl groups is 1. The minimum Gasteiger partial charge on any atom is -0.497 e. The first-order valence-electron chi connectivity index (χ1n) is 4.72. The zero-order chi connectivity index (χ0) is 16.7. The quantitative estimate of drug-likeness (QED) is 0.157. The van der Waals surface area contributed by atoms with Crippen LogP contribution in [0.1, 0.15) is 0 Å². The third-order valence-corrected chi connectivity index (χ3v) is 1.81. The number of hydrogen-bond acceptors (Lipinski definition) is 9. The highest BCUT2D eigenvalue weighted by Crippen LogP contribution is 2.38. The SMILES string of the molecule is N=C(N)NN.O=[N+]([O-])c1cc([N+](=O)[O-])c(O)c([N+](=O)[O-])c1. The van der Waals surface area contributed by atoms with E-state index in [1.54, 1.807) is 0 Å². The summed E-state index contributed by atoms with van der Waals surface area (Å²) in [6.45, 7) is 0. The molecule has 0 amide bonds. The lowest BCUT2D eigenvalue weighted by Gasteiger charge is -1.97. The van der Waals surface area contributed by atoms with Crippen molar-refractivity contribution in [2.24, 2.45) is 11.6 Å². The molecule has 0 aromatic heterocycles. The Kier molecular flexibility index (Phi) is 5.93. The van der Waals surface area contributed by atoms with Crippen molar-refractivity contribution in [3.05, 3.63) is 42.5 Å². The third kappa shape index (κ3) is 4.91.